The Morgan fingerprint density at radius 3 is 2.76 bits per heavy atom. The van der Waals surface area contributed by atoms with Crippen molar-refractivity contribution in [3.8, 4) is 11.8 Å². The summed E-state index contributed by atoms with van der Waals surface area (Å²) in [6, 6.07) is 4.54. The number of rotatable bonds is 2. The number of halogens is 1. The Balaban J connectivity index is 1.94. The van der Waals surface area contributed by atoms with E-state index in [0.29, 0.717) is 5.06 Å². The van der Waals surface area contributed by atoms with Gasteiger partial charge in [0.05, 0.1) is 6.10 Å². The van der Waals surface area contributed by atoms with E-state index >= 15 is 0 Å². The molecule has 21 heavy (non-hydrogen) atoms. The van der Waals surface area contributed by atoms with E-state index < -0.39 is 12.1 Å². The average Bonchev–Trinajstić information content (AvgIpc) is 2.93. The summed E-state index contributed by atoms with van der Waals surface area (Å²) in [5.41, 5.74) is 5.85. The Morgan fingerprint density at radius 1 is 1.48 bits per heavy atom. The highest BCUT2D eigenvalue weighted by Crippen LogP contribution is 2.32. The van der Waals surface area contributed by atoms with Crippen LogP contribution in [0.4, 0.5) is 9.18 Å². The maximum Gasteiger partial charge on any atom is 0.339 e. The first-order valence-corrected chi connectivity index (χ1v) is 6.67. The zero-order valence-corrected chi connectivity index (χ0v) is 11.6. The van der Waals surface area contributed by atoms with Gasteiger partial charge < -0.3 is 10.5 Å². The Bertz CT molecular complexity index is 565. The van der Waals surface area contributed by atoms with Gasteiger partial charge >= 0.3 is 6.03 Å². The quantitative estimate of drug-likeness (QED) is 0.498. The fourth-order valence-corrected chi connectivity index (χ4v) is 2.13. The molecule has 3 atom stereocenters. The lowest BCUT2D eigenvalue weighted by Gasteiger charge is -2.15. The molecule has 0 aromatic heterocycles. The van der Waals surface area contributed by atoms with Gasteiger partial charge in [0, 0.05) is 0 Å². The molecule has 2 rings (SSSR count). The van der Waals surface area contributed by atoms with Gasteiger partial charge in [0.15, 0.2) is 0 Å². The van der Waals surface area contributed by atoms with Crippen molar-refractivity contribution >= 4 is 6.03 Å². The molecule has 6 heteroatoms. The van der Waals surface area contributed by atoms with Crippen LogP contribution in [0, 0.1) is 17.7 Å². The van der Waals surface area contributed by atoms with Gasteiger partial charge in [-0.2, -0.15) is 5.06 Å². The van der Waals surface area contributed by atoms with Crippen LogP contribution in [0.25, 0.3) is 0 Å². The molecule has 0 saturated carbocycles. The van der Waals surface area contributed by atoms with Crippen LogP contribution in [-0.4, -0.2) is 28.4 Å². The highest BCUT2D eigenvalue weighted by atomic mass is 19.1. The maximum absolute atomic E-state index is 12.9. The summed E-state index contributed by atoms with van der Waals surface area (Å²) >= 11 is 0. The number of nitrogens with zero attached hydrogens (tertiary/aromatic N) is 1. The van der Waals surface area contributed by atoms with Crippen LogP contribution in [0.3, 0.4) is 0 Å². The number of primary amides is 1. The summed E-state index contributed by atoms with van der Waals surface area (Å²) in [4.78, 5) is 10.8. The molecule has 112 valence electrons. The van der Waals surface area contributed by atoms with Crippen LogP contribution in [0.5, 0.6) is 0 Å². The summed E-state index contributed by atoms with van der Waals surface area (Å²) in [5.74, 6) is 5.32. The molecule has 1 aromatic rings. The summed E-state index contributed by atoms with van der Waals surface area (Å²) in [7, 11) is 0. The van der Waals surface area contributed by atoms with Crippen molar-refractivity contribution in [1.29, 1.82) is 0 Å². The zero-order valence-electron chi connectivity index (χ0n) is 11.6. The van der Waals surface area contributed by atoms with Crippen molar-refractivity contribution < 1.29 is 19.1 Å². The number of ether oxygens (including phenoxy) is 1. The van der Waals surface area contributed by atoms with Gasteiger partial charge in [0.1, 0.15) is 18.0 Å². The minimum atomic E-state index is -0.951. The number of hydrogen-bond donors (Lipinski definition) is 2. The summed E-state index contributed by atoms with van der Waals surface area (Å²) in [5, 5.41) is 9.68. The van der Waals surface area contributed by atoms with E-state index in [1.165, 1.54) is 12.1 Å². The fraction of sp³-hybridized carbons (Fsp3) is 0.400. The van der Waals surface area contributed by atoms with E-state index in [1.54, 1.807) is 19.1 Å². The molecule has 0 unspecified atom stereocenters. The van der Waals surface area contributed by atoms with E-state index in [1.807, 2.05) is 0 Å². The van der Waals surface area contributed by atoms with Gasteiger partial charge in [-0.25, -0.2) is 9.18 Å². The second-order valence-corrected chi connectivity index (χ2v) is 4.89. The van der Waals surface area contributed by atoms with Crippen molar-refractivity contribution in [2.45, 2.75) is 38.0 Å². The maximum atomic E-state index is 12.9. The summed E-state index contributed by atoms with van der Waals surface area (Å²) < 4.78 is 18.6. The van der Waals surface area contributed by atoms with E-state index in [9.17, 15) is 14.4 Å². The second kappa shape index (κ2) is 6.57. The highest BCUT2D eigenvalue weighted by molar-refractivity contribution is 5.71. The lowest BCUT2D eigenvalue weighted by Crippen LogP contribution is -2.38. The van der Waals surface area contributed by atoms with Crippen LogP contribution >= 0.6 is 0 Å². The Labute approximate surface area is 122 Å². The molecule has 0 spiro atoms. The molecule has 3 N–H and O–H groups in total. The minimum absolute atomic E-state index is 0.110. The molecule has 1 fully saturated rings. The lowest BCUT2D eigenvalue weighted by molar-refractivity contribution is -0.0537. The second-order valence-electron chi connectivity index (χ2n) is 4.89. The van der Waals surface area contributed by atoms with Crippen molar-refractivity contribution in [3.63, 3.8) is 0 Å². The smallest absolute Gasteiger partial charge is 0.339 e. The predicted octanol–water partition coefficient (Wildman–Crippen LogP) is 2.21. The molecule has 2 amide bonds. The van der Waals surface area contributed by atoms with Gasteiger partial charge in [-0.1, -0.05) is 24.0 Å². The highest BCUT2D eigenvalue weighted by Gasteiger charge is 2.25. The van der Waals surface area contributed by atoms with Crippen molar-refractivity contribution in [3.05, 3.63) is 35.6 Å². The molecular weight excluding hydrogens is 275 g/mol. The molecule has 0 radical (unpaired) electrons. The van der Waals surface area contributed by atoms with Crippen LogP contribution in [0.15, 0.2) is 24.3 Å². The van der Waals surface area contributed by atoms with Gasteiger partial charge in [-0.3, -0.25) is 5.21 Å². The molecule has 1 heterocycles. The van der Waals surface area contributed by atoms with E-state index in [0.717, 1.165) is 18.4 Å². The van der Waals surface area contributed by atoms with Gasteiger partial charge in [-0.05, 0) is 37.5 Å². The third kappa shape index (κ3) is 3.94. The van der Waals surface area contributed by atoms with E-state index in [4.69, 9.17) is 10.5 Å². The molecule has 1 aliphatic heterocycles. The van der Waals surface area contributed by atoms with E-state index in [2.05, 4.69) is 11.8 Å². The van der Waals surface area contributed by atoms with Crippen molar-refractivity contribution in [2.75, 3.05) is 0 Å². The standard InChI is InChI=1S/C15H17FN2O3/c1-10(18(20)15(17)19)2-7-13-8-9-14(21-13)11-3-5-12(16)6-4-11/h3-6,10,13-14,20H,8-9H2,1H3,(H2,17,19)/t10-,13-,14-/m1/s1. The molecule has 1 saturated heterocycles. The number of hydrogen-bond acceptors (Lipinski definition) is 3. The Hall–Kier alpha value is -2.10. The molecule has 0 bridgehead atoms. The number of carbonyl (C=O) groups excluding carboxylic acids is 1. The number of hydroxylamine groups is 2. The SMILES string of the molecule is C[C@H](C#C[C@@H]1CC[C@H](c2ccc(F)cc2)O1)N(O)C(N)=O. The molecule has 5 nitrogen and oxygen atoms in total. The third-order valence-corrected chi connectivity index (χ3v) is 3.31. The normalized spacial score (nSPS) is 22.2. The number of urea groups is 1. The topological polar surface area (TPSA) is 75.8 Å². The Morgan fingerprint density at radius 2 is 2.14 bits per heavy atom. The van der Waals surface area contributed by atoms with Gasteiger partial charge in [0.2, 0.25) is 0 Å². The van der Waals surface area contributed by atoms with Crippen molar-refractivity contribution in [2.24, 2.45) is 5.73 Å². The lowest BCUT2D eigenvalue weighted by atomic mass is 10.1. The monoisotopic (exact) mass is 292 g/mol. The zero-order chi connectivity index (χ0) is 15.4. The van der Waals surface area contributed by atoms with Gasteiger partial charge in [0.25, 0.3) is 0 Å². The van der Waals surface area contributed by atoms with Crippen LogP contribution < -0.4 is 5.73 Å². The number of carbonyl (C=O) groups is 1. The molecule has 0 aliphatic carbocycles. The number of benzene rings is 1. The fourth-order valence-electron chi connectivity index (χ4n) is 2.13. The van der Waals surface area contributed by atoms with Crippen molar-refractivity contribution in [1.82, 2.24) is 5.06 Å². The molecular formula is C15H17FN2O3. The van der Waals surface area contributed by atoms with Crippen LogP contribution in [-0.2, 0) is 4.74 Å². The molecule has 1 aliphatic rings. The van der Waals surface area contributed by atoms with Gasteiger partial charge in [-0.15, -0.1) is 0 Å². The largest absolute Gasteiger partial charge is 0.358 e. The van der Waals surface area contributed by atoms with Crippen LogP contribution in [0.2, 0.25) is 0 Å². The summed E-state index contributed by atoms with van der Waals surface area (Å²) in [6.45, 7) is 1.56. The van der Waals surface area contributed by atoms with E-state index in [-0.39, 0.29) is 18.0 Å². The predicted molar refractivity (Wildman–Crippen MR) is 73.7 cm³/mol. The average molecular weight is 292 g/mol. The summed E-state index contributed by atoms with van der Waals surface area (Å²) in [6.07, 6.45) is 1.15. The number of nitrogens with two attached hydrogens (primary N) is 1. The number of amides is 2. The molecule has 1 aromatic carbocycles. The minimum Gasteiger partial charge on any atom is -0.358 e. The first-order valence-electron chi connectivity index (χ1n) is 6.67. The first kappa shape index (κ1) is 15.3. The first-order chi connectivity index (χ1) is 9.97. The Kier molecular flexibility index (Phi) is 4.78. The van der Waals surface area contributed by atoms with Crippen LogP contribution in [0.1, 0.15) is 31.4 Å². The third-order valence-electron chi connectivity index (χ3n) is 3.31.